The molecule has 0 radical (unpaired) electrons. The van der Waals surface area contributed by atoms with E-state index in [1.54, 1.807) is 18.2 Å². The fourth-order valence-corrected chi connectivity index (χ4v) is 3.06. The molecule has 2 aromatic rings. The zero-order chi connectivity index (χ0) is 14.9. The van der Waals surface area contributed by atoms with E-state index >= 15 is 0 Å². The van der Waals surface area contributed by atoms with Gasteiger partial charge in [-0.15, -0.1) is 0 Å². The second kappa shape index (κ2) is 5.56. The first-order valence-electron chi connectivity index (χ1n) is 6.11. The van der Waals surface area contributed by atoms with Crippen LogP contribution in [0.2, 0.25) is 5.02 Å². The van der Waals surface area contributed by atoms with Crippen LogP contribution in [-0.4, -0.2) is 26.8 Å². The van der Waals surface area contributed by atoms with Crippen LogP contribution >= 0.6 is 11.6 Å². The van der Waals surface area contributed by atoms with Crippen LogP contribution in [0.15, 0.2) is 47.4 Å². The predicted molar refractivity (Wildman–Crippen MR) is 82.5 cm³/mol. The molecule has 0 heterocycles. The fourth-order valence-electron chi connectivity index (χ4n) is 1.94. The Morgan fingerprint density at radius 3 is 2.40 bits per heavy atom. The number of nitrogens with zero attached hydrogens (tertiary/aromatic N) is 1. The van der Waals surface area contributed by atoms with Crippen LogP contribution in [-0.2, 0) is 10.0 Å². The fraction of sp³-hybridized carbons (Fsp3) is 0.200. The van der Waals surface area contributed by atoms with Gasteiger partial charge in [-0.25, -0.2) is 12.7 Å². The maximum absolute atomic E-state index is 12.2. The molecular formula is C15H16ClNO2S. The van der Waals surface area contributed by atoms with Gasteiger partial charge in [-0.05, 0) is 47.9 Å². The summed E-state index contributed by atoms with van der Waals surface area (Å²) in [7, 11) is -0.389. The third-order valence-corrected chi connectivity index (χ3v) is 5.17. The van der Waals surface area contributed by atoms with Crippen molar-refractivity contribution in [2.24, 2.45) is 0 Å². The standard InChI is InChI=1S/C15H16ClNO2S/c1-11-7-8-13(16)10-15(11)12-5-4-6-14(9-12)20(18,19)17(2)3/h4-10H,1-3H3. The molecule has 0 aromatic heterocycles. The summed E-state index contributed by atoms with van der Waals surface area (Å²) in [5.74, 6) is 0. The lowest BCUT2D eigenvalue weighted by Crippen LogP contribution is -2.22. The van der Waals surface area contributed by atoms with Gasteiger partial charge in [0.1, 0.15) is 0 Å². The lowest BCUT2D eigenvalue weighted by atomic mass is 10.0. The summed E-state index contributed by atoms with van der Waals surface area (Å²) in [6.07, 6.45) is 0. The summed E-state index contributed by atoms with van der Waals surface area (Å²) >= 11 is 6.02. The Bertz CT molecular complexity index is 739. The molecule has 0 spiro atoms. The van der Waals surface area contributed by atoms with Crippen molar-refractivity contribution in [2.45, 2.75) is 11.8 Å². The Hall–Kier alpha value is -1.36. The van der Waals surface area contributed by atoms with Gasteiger partial charge >= 0.3 is 0 Å². The van der Waals surface area contributed by atoms with Crippen molar-refractivity contribution < 1.29 is 8.42 Å². The molecule has 0 saturated heterocycles. The third-order valence-electron chi connectivity index (χ3n) is 3.12. The first kappa shape index (κ1) is 15.0. The predicted octanol–water partition coefficient (Wildman–Crippen LogP) is 3.57. The van der Waals surface area contributed by atoms with Crippen LogP contribution in [0.25, 0.3) is 11.1 Å². The highest BCUT2D eigenvalue weighted by atomic mass is 35.5. The molecule has 5 heteroatoms. The van der Waals surface area contributed by atoms with Crippen LogP contribution in [0.1, 0.15) is 5.56 Å². The topological polar surface area (TPSA) is 37.4 Å². The second-order valence-electron chi connectivity index (χ2n) is 4.77. The molecule has 0 aliphatic heterocycles. The van der Waals surface area contributed by atoms with Gasteiger partial charge in [0.15, 0.2) is 0 Å². The highest BCUT2D eigenvalue weighted by Gasteiger charge is 2.17. The lowest BCUT2D eigenvalue weighted by molar-refractivity contribution is 0.521. The van der Waals surface area contributed by atoms with E-state index in [0.717, 1.165) is 16.7 Å². The number of hydrogen-bond acceptors (Lipinski definition) is 2. The Labute approximate surface area is 124 Å². The van der Waals surface area contributed by atoms with Gasteiger partial charge in [0.05, 0.1) is 4.90 Å². The van der Waals surface area contributed by atoms with E-state index < -0.39 is 10.0 Å². The monoisotopic (exact) mass is 309 g/mol. The molecule has 0 fully saturated rings. The van der Waals surface area contributed by atoms with Crippen molar-refractivity contribution >= 4 is 21.6 Å². The number of sulfonamides is 1. The molecule has 0 atom stereocenters. The Morgan fingerprint density at radius 2 is 1.75 bits per heavy atom. The molecule has 0 amide bonds. The average Bonchev–Trinajstić information content (AvgIpc) is 2.41. The van der Waals surface area contributed by atoms with Crippen LogP contribution in [0.4, 0.5) is 0 Å². The lowest BCUT2D eigenvalue weighted by Gasteiger charge is -2.13. The summed E-state index contributed by atoms with van der Waals surface area (Å²) in [4.78, 5) is 0.277. The largest absolute Gasteiger partial charge is 0.242 e. The zero-order valence-electron chi connectivity index (χ0n) is 11.6. The highest BCUT2D eigenvalue weighted by molar-refractivity contribution is 7.89. The molecule has 0 N–H and O–H groups in total. The van der Waals surface area contributed by atoms with E-state index in [9.17, 15) is 8.42 Å². The average molecular weight is 310 g/mol. The van der Waals surface area contributed by atoms with Gasteiger partial charge in [-0.3, -0.25) is 0 Å². The van der Waals surface area contributed by atoms with Crippen LogP contribution in [0, 0.1) is 6.92 Å². The molecule has 0 aliphatic carbocycles. The number of benzene rings is 2. The summed E-state index contributed by atoms with van der Waals surface area (Å²) < 4.78 is 25.5. The van der Waals surface area contributed by atoms with E-state index in [1.807, 2.05) is 31.2 Å². The van der Waals surface area contributed by atoms with Gasteiger partial charge in [-0.1, -0.05) is 29.8 Å². The molecule has 0 aliphatic rings. The smallest absolute Gasteiger partial charge is 0.207 e. The Morgan fingerprint density at radius 1 is 1.05 bits per heavy atom. The van der Waals surface area contributed by atoms with Gasteiger partial charge < -0.3 is 0 Å². The molecule has 2 rings (SSSR count). The van der Waals surface area contributed by atoms with Crippen molar-refractivity contribution in [1.29, 1.82) is 0 Å². The number of halogens is 1. The van der Waals surface area contributed by atoms with Crippen LogP contribution < -0.4 is 0 Å². The van der Waals surface area contributed by atoms with Crippen molar-refractivity contribution in [3.63, 3.8) is 0 Å². The van der Waals surface area contributed by atoms with Crippen molar-refractivity contribution in [2.75, 3.05) is 14.1 Å². The zero-order valence-corrected chi connectivity index (χ0v) is 13.2. The van der Waals surface area contributed by atoms with E-state index in [1.165, 1.54) is 18.4 Å². The molecule has 0 saturated carbocycles. The molecular weight excluding hydrogens is 294 g/mol. The minimum atomic E-state index is -3.43. The maximum atomic E-state index is 12.2. The summed E-state index contributed by atoms with van der Waals surface area (Å²) in [5, 5.41) is 0.631. The van der Waals surface area contributed by atoms with Crippen LogP contribution in [0.5, 0.6) is 0 Å². The quantitative estimate of drug-likeness (QED) is 0.869. The minimum Gasteiger partial charge on any atom is -0.207 e. The Kier molecular flexibility index (Phi) is 4.18. The van der Waals surface area contributed by atoms with Gasteiger partial charge in [0.2, 0.25) is 10.0 Å². The molecule has 106 valence electrons. The summed E-state index contributed by atoms with van der Waals surface area (Å²) in [6.45, 7) is 1.97. The van der Waals surface area contributed by atoms with Gasteiger partial charge in [0.25, 0.3) is 0 Å². The maximum Gasteiger partial charge on any atom is 0.242 e. The number of rotatable bonds is 3. The van der Waals surface area contributed by atoms with Gasteiger partial charge in [0, 0.05) is 19.1 Å². The molecule has 20 heavy (non-hydrogen) atoms. The van der Waals surface area contributed by atoms with E-state index in [-0.39, 0.29) is 4.90 Å². The minimum absolute atomic E-state index is 0.277. The summed E-state index contributed by atoms with van der Waals surface area (Å²) in [5.41, 5.74) is 2.83. The van der Waals surface area contributed by atoms with Crippen molar-refractivity contribution in [3.05, 3.63) is 53.1 Å². The number of hydrogen-bond donors (Lipinski definition) is 0. The second-order valence-corrected chi connectivity index (χ2v) is 7.36. The normalized spacial score (nSPS) is 11.8. The number of aryl methyl sites for hydroxylation is 1. The molecule has 0 bridgehead atoms. The van der Waals surface area contributed by atoms with E-state index in [0.29, 0.717) is 5.02 Å². The summed E-state index contributed by atoms with van der Waals surface area (Å²) in [6, 6.07) is 12.5. The van der Waals surface area contributed by atoms with Crippen molar-refractivity contribution in [1.82, 2.24) is 4.31 Å². The molecule has 0 unspecified atom stereocenters. The Balaban J connectivity index is 2.59. The molecule has 3 nitrogen and oxygen atoms in total. The first-order chi connectivity index (χ1) is 9.32. The highest BCUT2D eigenvalue weighted by Crippen LogP contribution is 2.28. The van der Waals surface area contributed by atoms with Crippen LogP contribution in [0.3, 0.4) is 0 Å². The van der Waals surface area contributed by atoms with E-state index in [4.69, 9.17) is 11.6 Å². The first-order valence-corrected chi connectivity index (χ1v) is 7.93. The molecule has 2 aromatic carbocycles. The van der Waals surface area contributed by atoms with Gasteiger partial charge in [-0.2, -0.15) is 0 Å². The van der Waals surface area contributed by atoms with Crippen molar-refractivity contribution in [3.8, 4) is 11.1 Å². The van der Waals surface area contributed by atoms with E-state index in [2.05, 4.69) is 0 Å². The SMILES string of the molecule is Cc1ccc(Cl)cc1-c1cccc(S(=O)(=O)N(C)C)c1. The third kappa shape index (κ3) is 2.87.